The fourth-order valence-electron chi connectivity index (χ4n) is 3.14. The zero-order chi connectivity index (χ0) is 15.3. The molecule has 116 valence electrons. The third-order valence-corrected chi connectivity index (χ3v) is 4.42. The highest BCUT2D eigenvalue weighted by Gasteiger charge is 2.35. The smallest absolute Gasteiger partial charge is 0.227 e. The first-order valence-corrected chi connectivity index (χ1v) is 7.54. The lowest BCUT2D eigenvalue weighted by atomic mass is 10.1. The van der Waals surface area contributed by atoms with Gasteiger partial charge in [-0.05, 0) is 33.6 Å². The molecule has 0 aromatic carbocycles. The second kappa shape index (κ2) is 4.81. The van der Waals surface area contributed by atoms with Crippen molar-refractivity contribution in [1.29, 1.82) is 0 Å². The second-order valence-corrected chi connectivity index (χ2v) is 7.01. The van der Waals surface area contributed by atoms with Gasteiger partial charge in [0.25, 0.3) is 0 Å². The summed E-state index contributed by atoms with van der Waals surface area (Å²) >= 11 is 0. The molecule has 0 spiro atoms. The maximum atomic E-state index is 10.1. The van der Waals surface area contributed by atoms with E-state index in [1.165, 1.54) is 0 Å². The highest BCUT2D eigenvalue weighted by atomic mass is 16.3. The van der Waals surface area contributed by atoms with Crippen molar-refractivity contribution < 1.29 is 10.2 Å². The van der Waals surface area contributed by atoms with Gasteiger partial charge in [0.05, 0.1) is 11.2 Å². The van der Waals surface area contributed by atoms with Crippen molar-refractivity contribution in [3.8, 4) is 0 Å². The number of anilines is 2. The number of aryl methyl sites for hydroxylation is 1. The summed E-state index contributed by atoms with van der Waals surface area (Å²) in [6, 6.07) is 0. The van der Waals surface area contributed by atoms with Gasteiger partial charge in [-0.25, -0.2) is 4.98 Å². The molecular weight excluding hydrogens is 268 g/mol. The lowest BCUT2D eigenvalue weighted by Crippen LogP contribution is -2.32. The molecular formula is C15H24N4O2. The van der Waals surface area contributed by atoms with E-state index < -0.39 is 11.2 Å². The summed E-state index contributed by atoms with van der Waals surface area (Å²) in [5, 5.41) is 20.2. The van der Waals surface area contributed by atoms with E-state index >= 15 is 0 Å². The summed E-state index contributed by atoms with van der Waals surface area (Å²) in [6.45, 7) is 8.44. The molecule has 2 fully saturated rings. The van der Waals surface area contributed by atoms with Gasteiger partial charge in [0, 0.05) is 37.9 Å². The summed E-state index contributed by atoms with van der Waals surface area (Å²) in [5.41, 5.74) is -0.289. The fourth-order valence-corrected chi connectivity index (χ4v) is 3.14. The van der Waals surface area contributed by atoms with Gasteiger partial charge < -0.3 is 20.0 Å². The molecule has 1 aromatic heterocycles. The first kappa shape index (κ1) is 14.5. The van der Waals surface area contributed by atoms with E-state index in [9.17, 15) is 10.2 Å². The van der Waals surface area contributed by atoms with Crippen LogP contribution in [0.2, 0.25) is 0 Å². The lowest BCUT2D eigenvalue weighted by Gasteiger charge is -2.24. The first-order chi connectivity index (χ1) is 9.76. The van der Waals surface area contributed by atoms with Crippen LogP contribution in [0.4, 0.5) is 11.8 Å². The van der Waals surface area contributed by atoms with Gasteiger partial charge in [0.2, 0.25) is 5.95 Å². The number of β-amino-alcohol motifs (C(OH)–C–C–N with tert-alkyl or cyclic N) is 2. The largest absolute Gasteiger partial charge is 0.388 e. The molecule has 0 amide bonds. The Bertz CT molecular complexity index is 544. The predicted octanol–water partition coefficient (Wildman–Crippen LogP) is 0.707. The van der Waals surface area contributed by atoms with Gasteiger partial charge in [-0.3, -0.25) is 0 Å². The van der Waals surface area contributed by atoms with Crippen LogP contribution in [0, 0.1) is 6.92 Å². The zero-order valence-electron chi connectivity index (χ0n) is 13.0. The number of hydrogen-bond donors (Lipinski definition) is 2. The lowest BCUT2D eigenvalue weighted by molar-refractivity contribution is 0.0834. The molecule has 21 heavy (non-hydrogen) atoms. The molecule has 2 saturated heterocycles. The third-order valence-electron chi connectivity index (χ3n) is 4.42. The molecule has 0 radical (unpaired) electrons. The van der Waals surface area contributed by atoms with Crippen LogP contribution in [0.25, 0.3) is 0 Å². The Balaban J connectivity index is 1.84. The van der Waals surface area contributed by atoms with Gasteiger partial charge in [-0.15, -0.1) is 0 Å². The van der Waals surface area contributed by atoms with Crippen molar-refractivity contribution in [1.82, 2.24) is 9.97 Å². The Morgan fingerprint density at radius 3 is 2.14 bits per heavy atom. The Hall–Kier alpha value is -1.40. The van der Waals surface area contributed by atoms with Crippen molar-refractivity contribution in [2.45, 2.75) is 44.8 Å². The topological polar surface area (TPSA) is 72.7 Å². The van der Waals surface area contributed by atoms with Crippen LogP contribution in [0.1, 0.15) is 32.3 Å². The van der Waals surface area contributed by atoms with E-state index in [4.69, 9.17) is 0 Å². The molecule has 6 heteroatoms. The van der Waals surface area contributed by atoms with Crippen molar-refractivity contribution in [2.24, 2.45) is 0 Å². The van der Waals surface area contributed by atoms with Gasteiger partial charge >= 0.3 is 0 Å². The van der Waals surface area contributed by atoms with E-state index in [1.807, 2.05) is 31.9 Å². The minimum absolute atomic E-state index is 0.563. The van der Waals surface area contributed by atoms with Gasteiger partial charge in [-0.2, -0.15) is 4.98 Å². The van der Waals surface area contributed by atoms with Crippen molar-refractivity contribution in [2.75, 3.05) is 36.0 Å². The molecule has 0 saturated carbocycles. The van der Waals surface area contributed by atoms with Crippen LogP contribution >= 0.6 is 0 Å². The van der Waals surface area contributed by atoms with E-state index in [0.29, 0.717) is 19.0 Å². The summed E-state index contributed by atoms with van der Waals surface area (Å²) in [4.78, 5) is 13.2. The number of hydrogen-bond acceptors (Lipinski definition) is 6. The zero-order valence-corrected chi connectivity index (χ0v) is 13.0. The average molecular weight is 292 g/mol. The van der Waals surface area contributed by atoms with Crippen LogP contribution in [0.5, 0.6) is 0 Å². The highest BCUT2D eigenvalue weighted by Crippen LogP contribution is 2.30. The van der Waals surface area contributed by atoms with Crippen LogP contribution in [0.3, 0.4) is 0 Å². The fraction of sp³-hybridized carbons (Fsp3) is 0.733. The standard InChI is InChI=1S/C15H24N4O2/c1-11-8-16-13(19-7-5-15(3,21)10-19)17-12(11)18-6-4-14(2,20)9-18/h8,20-21H,4-7,9-10H2,1-3H3. The molecule has 1 aromatic rings. The molecule has 6 nitrogen and oxygen atoms in total. The maximum absolute atomic E-state index is 10.1. The molecule has 3 rings (SSSR count). The molecule has 2 atom stereocenters. The van der Waals surface area contributed by atoms with Crippen molar-refractivity contribution in [3.63, 3.8) is 0 Å². The molecule has 3 heterocycles. The van der Waals surface area contributed by atoms with Gasteiger partial charge in [0.1, 0.15) is 5.82 Å². The monoisotopic (exact) mass is 292 g/mol. The Morgan fingerprint density at radius 2 is 1.62 bits per heavy atom. The predicted molar refractivity (Wildman–Crippen MR) is 81.7 cm³/mol. The molecule has 2 aliphatic rings. The van der Waals surface area contributed by atoms with E-state index in [1.54, 1.807) is 0 Å². The molecule has 0 aliphatic carbocycles. The average Bonchev–Trinajstić information content (AvgIpc) is 2.92. The number of aromatic nitrogens is 2. The summed E-state index contributed by atoms with van der Waals surface area (Å²) < 4.78 is 0. The molecule has 2 aliphatic heterocycles. The van der Waals surface area contributed by atoms with E-state index in [-0.39, 0.29) is 0 Å². The van der Waals surface area contributed by atoms with Gasteiger partial charge in [-0.1, -0.05) is 0 Å². The van der Waals surface area contributed by atoms with Crippen molar-refractivity contribution in [3.05, 3.63) is 11.8 Å². The molecule has 0 bridgehead atoms. The second-order valence-electron chi connectivity index (χ2n) is 7.01. The number of nitrogens with zero attached hydrogens (tertiary/aromatic N) is 4. The third kappa shape index (κ3) is 2.96. The summed E-state index contributed by atoms with van der Waals surface area (Å²) in [5.74, 6) is 1.56. The van der Waals surface area contributed by atoms with Crippen LogP contribution in [0.15, 0.2) is 6.20 Å². The number of aliphatic hydroxyl groups is 2. The Morgan fingerprint density at radius 1 is 1.05 bits per heavy atom. The van der Waals surface area contributed by atoms with Crippen LogP contribution < -0.4 is 9.80 Å². The quantitative estimate of drug-likeness (QED) is 0.836. The van der Waals surface area contributed by atoms with Gasteiger partial charge in [0.15, 0.2) is 0 Å². The minimum Gasteiger partial charge on any atom is -0.388 e. The molecule has 2 unspecified atom stereocenters. The highest BCUT2D eigenvalue weighted by molar-refractivity contribution is 5.51. The van der Waals surface area contributed by atoms with E-state index in [0.717, 1.165) is 37.3 Å². The minimum atomic E-state index is -0.661. The Labute approximate surface area is 125 Å². The van der Waals surface area contributed by atoms with Crippen LogP contribution in [-0.2, 0) is 0 Å². The van der Waals surface area contributed by atoms with Crippen molar-refractivity contribution >= 4 is 11.8 Å². The van der Waals surface area contributed by atoms with Crippen LogP contribution in [-0.4, -0.2) is 57.6 Å². The molecule has 2 N–H and O–H groups in total. The number of rotatable bonds is 2. The SMILES string of the molecule is Cc1cnc(N2CCC(C)(O)C2)nc1N1CCC(C)(O)C1. The first-order valence-electron chi connectivity index (χ1n) is 7.54. The van der Waals surface area contributed by atoms with E-state index in [2.05, 4.69) is 14.9 Å². The Kier molecular flexibility index (Phi) is 3.33. The normalized spacial score (nSPS) is 33.0. The maximum Gasteiger partial charge on any atom is 0.227 e. The summed E-state index contributed by atoms with van der Waals surface area (Å²) in [6.07, 6.45) is 3.32. The summed E-state index contributed by atoms with van der Waals surface area (Å²) in [7, 11) is 0.